The van der Waals surface area contributed by atoms with Gasteiger partial charge in [-0.25, -0.2) is 0 Å². The molecule has 0 amide bonds. The van der Waals surface area contributed by atoms with Crippen LogP contribution in [0.3, 0.4) is 0 Å². The van der Waals surface area contributed by atoms with Crippen LogP contribution in [0.25, 0.3) is 0 Å². The summed E-state index contributed by atoms with van der Waals surface area (Å²) >= 11 is 4.93. The van der Waals surface area contributed by atoms with Crippen LogP contribution in [0.4, 0.5) is 0 Å². The summed E-state index contributed by atoms with van der Waals surface area (Å²) in [6.45, 7) is 0.641. The van der Waals surface area contributed by atoms with Crippen molar-refractivity contribution in [2.45, 2.75) is 11.3 Å². The molecule has 0 spiro atoms. The van der Waals surface area contributed by atoms with Gasteiger partial charge in [-0.2, -0.15) is 0 Å². The van der Waals surface area contributed by atoms with Gasteiger partial charge in [0.15, 0.2) is 5.76 Å². The summed E-state index contributed by atoms with van der Waals surface area (Å²) in [5.74, 6) is 1.03. The van der Waals surface area contributed by atoms with Crippen LogP contribution >= 0.6 is 27.7 Å². The van der Waals surface area contributed by atoms with Gasteiger partial charge in [-0.1, -0.05) is 22.0 Å². The molecule has 4 heteroatoms. The van der Waals surface area contributed by atoms with Crippen LogP contribution in [0.5, 0.6) is 0 Å². The van der Waals surface area contributed by atoms with Crippen molar-refractivity contribution < 1.29 is 9.53 Å². The van der Waals surface area contributed by atoms with Crippen LogP contribution in [-0.2, 0) is 9.53 Å². The topological polar surface area (TPSA) is 26.3 Å². The molecule has 2 nitrogen and oxygen atoms in total. The van der Waals surface area contributed by atoms with Gasteiger partial charge in [0.25, 0.3) is 0 Å². The quantitative estimate of drug-likeness (QED) is 0.797. The third kappa shape index (κ3) is 3.12. The highest BCUT2D eigenvalue weighted by atomic mass is 79.9. The number of Topliss-reactive ketones (excluding diaryl/α,β-unsaturated/α-hetero) is 1. The minimum absolute atomic E-state index is 0.0717. The third-order valence-corrected chi connectivity index (χ3v) is 3.63. The Kier molecular flexibility index (Phi) is 4.07. The highest BCUT2D eigenvalue weighted by Crippen LogP contribution is 2.23. The smallest absolute Gasteiger partial charge is 0.207 e. The molecule has 0 aromatic heterocycles. The number of halogens is 1. The number of carbonyl (C=O) groups is 1. The Morgan fingerprint density at radius 2 is 2.38 bits per heavy atom. The first-order chi connectivity index (χ1) is 7.75. The Morgan fingerprint density at radius 1 is 1.50 bits per heavy atom. The van der Waals surface area contributed by atoms with E-state index in [1.54, 1.807) is 0 Å². The van der Waals surface area contributed by atoms with Gasteiger partial charge in [-0.15, -0.1) is 11.8 Å². The summed E-state index contributed by atoms with van der Waals surface area (Å²) in [6, 6.07) is 7.92. The zero-order valence-electron chi connectivity index (χ0n) is 8.61. The van der Waals surface area contributed by atoms with Crippen molar-refractivity contribution in [1.82, 2.24) is 0 Å². The van der Waals surface area contributed by atoms with Crippen LogP contribution in [0.1, 0.15) is 6.42 Å². The molecule has 1 aliphatic rings. The van der Waals surface area contributed by atoms with E-state index < -0.39 is 0 Å². The van der Waals surface area contributed by atoms with E-state index in [-0.39, 0.29) is 5.78 Å². The minimum Gasteiger partial charge on any atom is -0.490 e. The van der Waals surface area contributed by atoms with E-state index in [1.807, 2.05) is 30.3 Å². The second kappa shape index (κ2) is 5.55. The lowest BCUT2D eigenvalue weighted by atomic mass is 10.3. The summed E-state index contributed by atoms with van der Waals surface area (Å²) < 4.78 is 6.24. The van der Waals surface area contributed by atoms with Gasteiger partial charge in [0.05, 0.1) is 12.4 Å². The molecular formula is C12H11BrO2S. The monoisotopic (exact) mass is 298 g/mol. The molecule has 1 aromatic carbocycles. The molecule has 16 heavy (non-hydrogen) atoms. The van der Waals surface area contributed by atoms with E-state index in [9.17, 15) is 4.79 Å². The number of thioether (sulfide) groups is 1. The molecule has 0 saturated heterocycles. The van der Waals surface area contributed by atoms with Gasteiger partial charge >= 0.3 is 0 Å². The molecule has 0 saturated carbocycles. The van der Waals surface area contributed by atoms with Gasteiger partial charge in [-0.05, 0) is 24.3 Å². The van der Waals surface area contributed by atoms with Crippen molar-refractivity contribution in [3.8, 4) is 0 Å². The van der Waals surface area contributed by atoms with Crippen molar-refractivity contribution in [2.75, 3.05) is 12.4 Å². The lowest BCUT2D eigenvalue weighted by Crippen LogP contribution is -2.05. The maximum atomic E-state index is 11.7. The standard InChI is InChI=1S/C12H11BrO2S/c13-9-3-1-4-10(7-9)16-8-11(14)12-5-2-6-15-12/h1,3-5,7H,2,6,8H2. The first-order valence-corrected chi connectivity index (χ1v) is 6.78. The maximum absolute atomic E-state index is 11.7. The Morgan fingerprint density at radius 3 is 3.06 bits per heavy atom. The average Bonchev–Trinajstić information content (AvgIpc) is 2.79. The van der Waals surface area contributed by atoms with Crippen molar-refractivity contribution in [3.63, 3.8) is 0 Å². The van der Waals surface area contributed by atoms with Crippen molar-refractivity contribution in [1.29, 1.82) is 0 Å². The fraction of sp³-hybridized carbons (Fsp3) is 0.250. The normalized spacial score (nSPS) is 14.4. The van der Waals surface area contributed by atoms with Gasteiger partial charge in [-0.3, -0.25) is 4.79 Å². The van der Waals surface area contributed by atoms with E-state index in [0.29, 0.717) is 18.1 Å². The Labute approximate surface area is 107 Å². The highest BCUT2D eigenvalue weighted by Gasteiger charge is 2.14. The second-order valence-corrected chi connectivity index (χ2v) is 5.34. The molecule has 84 valence electrons. The van der Waals surface area contributed by atoms with E-state index in [1.165, 1.54) is 11.8 Å². The Hall–Kier alpha value is -0.740. The van der Waals surface area contributed by atoms with E-state index >= 15 is 0 Å². The van der Waals surface area contributed by atoms with E-state index in [0.717, 1.165) is 15.8 Å². The molecule has 1 heterocycles. The summed E-state index contributed by atoms with van der Waals surface area (Å²) in [5, 5.41) is 0. The number of ether oxygens (including phenoxy) is 1. The molecule has 0 fully saturated rings. The molecule has 0 N–H and O–H groups in total. The first-order valence-electron chi connectivity index (χ1n) is 5.00. The summed E-state index contributed by atoms with van der Waals surface area (Å²) in [5.41, 5.74) is 0. The van der Waals surface area contributed by atoms with Crippen LogP contribution in [0.15, 0.2) is 45.5 Å². The Balaban J connectivity index is 1.90. The lowest BCUT2D eigenvalue weighted by molar-refractivity contribution is -0.116. The predicted molar refractivity (Wildman–Crippen MR) is 68.5 cm³/mol. The average molecular weight is 299 g/mol. The van der Waals surface area contributed by atoms with Gasteiger partial charge in [0.1, 0.15) is 0 Å². The van der Waals surface area contributed by atoms with Crippen molar-refractivity contribution in [3.05, 3.63) is 40.6 Å². The maximum Gasteiger partial charge on any atom is 0.207 e. The molecular weight excluding hydrogens is 288 g/mol. The predicted octanol–water partition coefficient (Wildman–Crippen LogP) is 3.41. The van der Waals surface area contributed by atoms with Crippen LogP contribution < -0.4 is 0 Å². The van der Waals surface area contributed by atoms with Gasteiger partial charge in [0.2, 0.25) is 5.78 Å². The zero-order chi connectivity index (χ0) is 11.4. The van der Waals surface area contributed by atoms with Crippen LogP contribution in [0, 0.1) is 0 Å². The minimum atomic E-state index is 0.0717. The molecule has 0 bridgehead atoms. The van der Waals surface area contributed by atoms with E-state index in [2.05, 4.69) is 15.9 Å². The zero-order valence-corrected chi connectivity index (χ0v) is 11.0. The fourth-order valence-electron chi connectivity index (χ4n) is 1.39. The molecule has 1 aliphatic heterocycles. The molecule has 0 aliphatic carbocycles. The molecule has 2 rings (SSSR count). The number of allylic oxidation sites excluding steroid dienone is 1. The summed E-state index contributed by atoms with van der Waals surface area (Å²) in [7, 11) is 0. The highest BCUT2D eigenvalue weighted by molar-refractivity contribution is 9.10. The second-order valence-electron chi connectivity index (χ2n) is 3.37. The van der Waals surface area contributed by atoms with Crippen molar-refractivity contribution in [2.24, 2.45) is 0 Å². The van der Waals surface area contributed by atoms with Gasteiger partial charge < -0.3 is 4.74 Å². The number of hydrogen-bond acceptors (Lipinski definition) is 3. The van der Waals surface area contributed by atoms with E-state index in [4.69, 9.17) is 4.74 Å². The fourth-order valence-corrected chi connectivity index (χ4v) is 2.76. The van der Waals surface area contributed by atoms with Crippen LogP contribution in [0.2, 0.25) is 0 Å². The van der Waals surface area contributed by atoms with Crippen LogP contribution in [-0.4, -0.2) is 18.1 Å². The SMILES string of the molecule is O=C(CSc1cccc(Br)c1)C1=CCCO1. The molecule has 0 atom stereocenters. The molecule has 1 aromatic rings. The summed E-state index contributed by atoms with van der Waals surface area (Å²) in [4.78, 5) is 12.8. The number of ketones is 1. The third-order valence-electron chi connectivity index (χ3n) is 2.15. The number of hydrogen-bond donors (Lipinski definition) is 0. The van der Waals surface area contributed by atoms with Gasteiger partial charge in [0, 0.05) is 15.8 Å². The number of benzene rings is 1. The molecule has 0 unspecified atom stereocenters. The number of rotatable bonds is 4. The largest absolute Gasteiger partial charge is 0.490 e. The number of carbonyl (C=O) groups excluding carboxylic acids is 1. The first kappa shape index (κ1) is 11.7. The lowest BCUT2D eigenvalue weighted by Gasteiger charge is -2.03. The molecule has 0 radical (unpaired) electrons. The van der Waals surface area contributed by atoms with Crippen molar-refractivity contribution >= 4 is 33.5 Å². The Bertz CT molecular complexity index is 429. The summed E-state index contributed by atoms with van der Waals surface area (Å²) in [6.07, 6.45) is 2.71.